The fourth-order valence-corrected chi connectivity index (χ4v) is 3.98. The maximum absolute atomic E-state index is 12.3. The third kappa shape index (κ3) is 5.30. The molecule has 1 aromatic heterocycles. The number of hydrogen-bond acceptors (Lipinski definition) is 5. The van der Waals surface area contributed by atoms with Crippen molar-refractivity contribution in [2.75, 3.05) is 17.2 Å². The highest BCUT2D eigenvalue weighted by Gasteiger charge is 2.29. The number of amides is 2. The fraction of sp³-hybridized carbons (Fsp3) is 0.292. The van der Waals surface area contributed by atoms with E-state index < -0.39 is 0 Å². The van der Waals surface area contributed by atoms with E-state index in [-0.39, 0.29) is 24.3 Å². The van der Waals surface area contributed by atoms with Crippen molar-refractivity contribution in [1.82, 2.24) is 4.98 Å². The summed E-state index contributed by atoms with van der Waals surface area (Å²) in [5.41, 5.74) is 6.20. The van der Waals surface area contributed by atoms with E-state index in [1.54, 1.807) is 24.3 Å². The Hall–Kier alpha value is -3.19. The molecule has 3 aromatic rings. The van der Waals surface area contributed by atoms with Crippen molar-refractivity contribution in [2.45, 2.75) is 33.6 Å². The number of nitrogens with zero attached hydrogens (tertiary/aromatic N) is 1. The fourth-order valence-electron chi connectivity index (χ4n) is 3.25. The summed E-state index contributed by atoms with van der Waals surface area (Å²) in [7, 11) is 0. The number of aryl methyl sites for hydroxylation is 3. The van der Waals surface area contributed by atoms with Crippen molar-refractivity contribution >= 4 is 34.0 Å². The van der Waals surface area contributed by atoms with Gasteiger partial charge in [0.1, 0.15) is 5.75 Å². The molecule has 2 amide bonds. The van der Waals surface area contributed by atoms with E-state index in [9.17, 15) is 9.59 Å². The van der Waals surface area contributed by atoms with E-state index in [1.165, 1.54) is 22.5 Å². The standard InChI is InChI=1S/C24H25N3O3S/c1-14-9-16(3)20(10-15(14)2)21-13-31-24(26-21)27-22(28)12-30-19-6-4-5-18(11-19)25-23(29)17-7-8-17/h4-6,9-11,13,17H,7-8,12H2,1-3H3,(H,25,29)(H,26,27,28). The number of hydrogen-bond donors (Lipinski definition) is 2. The molecule has 1 heterocycles. The van der Waals surface area contributed by atoms with Crippen LogP contribution < -0.4 is 15.4 Å². The molecule has 2 N–H and O–H groups in total. The van der Waals surface area contributed by atoms with Crippen molar-refractivity contribution in [1.29, 1.82) is 0 Å². The van der Waals surface area contributed by atoms with Gasteiger partial charge < -0.3 is 10.1 Å². The minimum absolute atomic E-state index is 0.0356. The average molecular weight is 436 g/mol. The van der Waals surface area contributed by atoms with Gasteiger partial charge in [0.15, 0.2) is 11.7 Å². The number of carbonyl (C=O) groups excluding carboxylic acids is 2. The number of ether oxygens (including phenoxy) is 1. The van der Waals surface area contributed by atoms with Gasteiger partial charge in [0.05, 0.1) is 5.69 Å². The largest absolute Gasteiger partial charge is 0.484 e. The molecule has 31 heavy (non-hydrogen) atoms. The minimum atomic E-state index is -0.287. The lowest BCUT2D eigenvalue weighted by atomic mass is 9.99. The van der Waals surface area contributed by atoms with Crippen LogP contribution in [0.3, 0.4) is 0 Å². The maximum Gasteiger partial charge on any atom is 0.264 e. The number of nitrogens with one attached hydrogen (secondary N) is 2. The summed E-state index contributed by atoms with van der Waals surface area (Å²) in [5.74, 6) is 0.402. The zero-order valence-electron chi connectivity index (χ0n) is 17.8. The number of carbonyl (C=O) groups is 2. The van der Waals surface area contributed by atoms with Gasteiger partial charge in [0.2, 0.25) is 5.91 Å². The highest BCUT2D eigenvalue weighted by atomic mass is 32.1. The molecule has 160 valence electrons. The predicted octanol–water partition coefficient (Wildman–Crippen LogP) is 5.10. The third-order valence-corrected chi connectivity index (χ3v) is 6.04. The highest BCUT2D eigenvalue weighted by Crippen LogP contribution is 2.31. The molecule has 2 aromatic carbocycles. The van der Waals surface area contributed by atoms with Gasteiger partial charge in [0.25, 0.3) is 5.91 Å². The van der Waals surface area contributed by atoms with Crippen LogP contribution in [0.25, 0.3) is 11.3 Å². The molecule has 7 heteroatoms. The Balaban J connectivity index is 1.34. The van der Waals surface area contributed by atoms with E-state index in [1.807, 2.05) is 5.38 Å². The average Bonchev–Trinajstić information content (AvgIpc) is 3.49. The summed E-state index contributed by atoms with van der Waals surface area (Å²) < 4.78 is 5.59. The number of benzene rings is 2. The lowest BCUT2D eigenvalue weighted by molar-refractivity contribution is -0.118. The predicted molar refractivity (Wildman–Crippen MR) is 124 cm³/mol. The van der Waals surface area contributed by atoms with Crippen LogP contribution in [0, 0.1) is 26.7 Å². The van der Waals surface area contributed by atoms with Crippen molar-refractivity contribution in [3.63, 3.8) is 0 Å². The molecule has 1 saturated carbocycles. The van der Waals surface area contributed by atoms with E-state index in [0.717, 1.165) is 29.7 Å². The van der Waals surface area contributed by atoms with Gasteiger partial charge >= 0.3 is 0 Å². The second kappa shape index (κ2) is 8.89. The summed E-state index contributed by atoms with van der Waals surface area (Å²) in [4.78, 5) is 28.8. The van der Waals surface area contributed by atoms with Gasteiger partial charge in [-0.05, 0) is 68.5 Å². The van der Waals surface area contributed by atoms with Crippen molar-refractivity contribution in [2.24, 2.45) is 5.92 Å². The molecule has 0 unspecified atom stereocenters. The van der Waals surface area contributed by atoms with Crippen LogP contribution in [0.1, 0.15) is 29.5 Å². The molecule has 4 rings (SSSR count). The second-order valence-corrected chi connectivity index (χ2v) is 8.78. The third-order valence-electron chi connectivity index (χ3n) is 5.29. The first-order valence-corrected chi connectivity index (χ1v) is 11.1. The zero-order valence-corrected chi connectivity index (χ0v) is 18.6. The van der Waals surface area contributed by atoms with Gasteiger partial charge in [-0.3, -0.25) is 14.9 Å². The minimum Gasteiger partial charge on any atom is -0.484 e. The van der Waals surface area contributed by atoms with Crippen LogP contribution >= 0.6 is 11.3 Å². The number of rotatable bonds is 7. The SMILES string of the molecule is Cc1cc(C)c(-c2csc(NC(=O)COc3cccc(NC(=O)C4CC4)c3)n2)cc1C. The first-order valence-electron chi connectivity index (χ1n) is 10.3. The van der Waals surface area contributed by atoms with Gasteiger partial charge in [0, 0.05) is 28.6 Å². The Kier molecular flexibility index (Phi) is 6.04. The first kappa shape index (κ1) is 21.1. The Bertz CT molecular complexity index is 1130. The summed E-state index contributed by atoms with van der Waals surface area (Å²) in [5, 5.41) is 8.14. The first-order chi connectivity index (χ1) is 14.9. The molecular weight excluding hydrogens is 410 g/mol. The molecular formula is C24H25N3O3S. The summed E-state index contributed by atoms with van der Waals surface area (Å²) in [6, 6.07) is 11.3. The molecule has 0 saturated heterocycles. The summed E-state index contributed by atoms with van der Waals surface area (Å²) in [6.45, 7) is 6.10. The Labute approximate surface area is 185 Å². The van der Waals surface area contributed by atoms with Gasteiger partial charge in [-0.2, -0.15) is 0 Å². The second-order valence-electron chi connectivity index (χ2n) is 7.92. The van der Waals surface area contributed by atoms with Crippen molar-refractivity contribution in [3.05, 3.63) is 58.5 Å². The van der Waals surface area contributed by atoms with Gasteiger partial charge in [-0.15, -0.1) is 11.3 Å². The summed E-state index contributed by atoms with van der Waals surface area (Å²) in [6.07, 6.45) is 1.90. The van der Waals surface area contributed by atoms with Crippen LogP contribution in [0.15, 0.2) is 41.8 Å². The molecule has 0 aliphatic heterocycles. The number of thiazole rings is 1. The Morgan fingerprint density at radius 3 is 2.61 bits per heavy atom. The van der Waals surface area contributed by atoms with E-state index in [2.05, 4.69) is 48.5 Å². The quantitative estimate of drug-likeness (QED) is 0.541. The molecule has 6 nitrogen and oxygen atoms in total. The van der Waals surface area contributed by atoms with Crippen molar-refractivity contribution < 1.29 is 14.3 Å². The zero-order chi connectivity index (χ0) is 22.0. The van der Waals surface area contributed by atoms with E-state index in [0.29, 0.717) is 16.6 Å². The smallest absolute Gasteiger partial charge is 0.264 e. The maximum atomic E-state index is 12.3. The Morgan fingerprint density at radius 1 is 1.06 bits per heavy atom. The molecule has 1 fully saturated rings. The Morgan fingerprint density at radius 2 is 1.84 bits per heavy atom. The molecule has 1 aliphatic carbocycles. The van der Waals surface area contributed by atoms with Gasteiger partial charge in [-0.1, -0.05) is 12.1 Å². The van der Waals surface area contributed by atoms with E-state index in [4.69, 9.17) is 4.74 Å². The van der Waals surface area contributed by atoms with Crippen molar-refractivity contribution in [3.8, 4) is 17.0 Å². The molecule has 0 atom stereocenters. The van der Waals surface area contributed by atoms with Crippen LogP contribution in [0.2, 0.25) is 0 Å². The summed E-state index contributed by atoms with van der Waals surface area (Å²) >= 11 is 1.38. The molecule has 0 bridgehead atoms. The van der Waals surface area contributed by atoms with Crippen LogP contribution in [-0.4, -0.2) is 23.4 Å². The normalized spacial score (nSPS) is 13.0. The van der Waals surface area contributed by atoms with Gasteiger partial charge in [-0.25, -0.2) is 4.98 Å². The number of anilines is 2. The lowest BCUT2D eigenvalue weighted by Gasteiger charge is -2.09. The van der Waals surface area contributed by atoms with Crippen LogP contribution in [-0.2, 0) is 9.59 Å². The molecule has 0 radical (unpaired) electrons. The van der Waals surface area contributed by atoms with Crippen LogP contribution in [0.4, 0.5) is 10.8 Å². The molecule has 0 spiro atoms. The highest BCUT2D eigenvalue weighted by molar-refractivity contribution is 7.14. The number of aromatic nitrogens is 1. The van der Waals surface area contributed by atoms with Crippen LogP contribution in [0.5, 0.6) is 5.75 Å². The topological polar surface area (TPSA) is 80.3 Å². The molecule has 1 aliphatic rings. The lowest BCUT2D eigenvalue weighted by Crippen LogP contribution is -2.20. The monoisotopic (exact) mass is 435 g/mol. The van der Waals surface area contributed by atoms with E-state index >= 15 is 0 Å².